The fourth-order valence-corrected chi connectivity index (χ4v) is 4.33. The number of aryl methyl sites for hydroxylation is 1. The quantitative estimate of drug-likeness (QED) is 0.471. The van der Waals surface area contributed by atoms with Crippen molar-refractivity contribution in [2.75, 3.05) is 0 Å². The van der Waals surface area contributed by atoms with E-state index < -0.39 is 23.3 Å². The molecule has 2 aromatic rings. The van der Waals surface area contributed by atoms with Gasteiger partial charge in [-0.2, -0.15) is 0 Å². The van der Waals surface area contributed by atoms with Crippen LogP contribution in [0, 0.1) is 29.2 Å². The van der Waals surface area contributed by atoms with E-state index in [4.69, 9.17) is 0 Å². The van der Waals surface area contributed by atoms with Gasteiger partial charge < -0.3 is 0 Å². The molecule has 0 aliphatic heterocycles. The van der Waals surface area contributed by atoms with Gasteiger partial charge in [0.25, 0.3) is 0 Å². The second kappa shape index (κ2) is 8.45. The summed E-state index contributed by atoms with van der Waals surface area (Å²) in [5.74, 6) is -3.47. The summed E-state index contributed by atoms with van der Waals surface area (Å²) in [4.78, 5) is 0. The number of rotatable bonds is 5. The fraction of sp³-hybridized carbons (Fsp3) is 0.478. The van der Waals surface area contributed by atoms with Crippen molar-refractivity contribution in [2.45, 2.75) is 64.7 Å². The highest BCUT2D eigenvalue weighted by Crippen LogP contribution is 2.40. The Hall–Kier alpha value is -1.84. The van der Waals surface area contributed by atoms with E-state index in [2.05, 4.69) is 6.92 Å². The van der Waals surface area contributed by atoms with Crippen LogP contribution in [0.1, 0.15) is 69.4 Å². The van der Waals surface area contributed by atoms with Crippen molar-refractivity contribution in [3.8, 4) is 11.1 Å². The predicted octanol–water partition coefficient (Wildman–Crippen LogP) is 7.55. The molecule has 0 heterocycles. The summed E-state index contributed by atoms with van der Waals surface area (Å²) in [6.45, 7) is 3.87. The zero-order chi connectivity index (χ0) is 19.6. The van der Waals surface area contributed by atoms with Crippen LogP contribution in [0.5, 0.6) is 0 Å². The molecule has 27 heavy (non-hydrogen) atoms. The van der Waals surface area contributed by atoms with Gasteiger partial charge in [0.15, 0.2) is 23.3 Å². The summed E-state index contributed by atoms with van der Waals surface area (Å²) < 4.78 is 57.9. The van der Waals surface area contributed by atoms with E-state index in [0.717, 1.165) is 32.1 Å². The molecule has 1 aliphatic rings. The molecule has 0 aromatic heterocycles. The minimum absolute atomic E-state index is 0.00861. The van der Waals surface area contributed by atoms with Gasteiger partial charge in [0, 0.05) is 11.1 Å². The summed E-state index contributed by atoms with van der Waals surface area (Å²) in [5.41, 5.74) is 0.115. The first kappa shape index (κ1) is 19.9. The topological polar surface area (TPSA) is 0 Å². The molecule has 3 rings (SSSR count). The van der Waals surface area contributed by atoms with Gasteiger partial charge in [-0.1, -0.05) is 51.0 Å². The lowest BCUT2D eigenvalue weighted by Gasteiger charge is -2.29. The Kier molecular flexibility index (Phi) is 6.23. The Morgan fingerprint density at radius 2 is 1.33 bits per heavy atom. The van der Waals surface area contributed by atoms with E-state index in [1.807, 2.05) is 0 Å². The molecule has 0 nitrogen and oxygen atoms in total. The van der Waals surface area contributed by atoms with E-state index >= 15 is 0 Å². The molecule has 2 aromatic carbocycles. The molecule has 0 radical (unpaired) electrons. The molecule has 146 valence electrons. The van der Waals surface area contributed by atoms with Crippen LogP contribution >= 0.6 is 0 Å². The summed E-state index contributed by atoms with van der Waals surface area (Å²) in [6.07, 6.45) is 6.40. The highest BCUT2D eigenvalue weighted by atomic mass is 19.2. The van der Waals surface area contributed by atoms with Gasteiger partial charge in [0.2, 0.25) is 0 Å². The van der Waals surface area contributed by atoms with Crippen molar-refractivity contribution >= 4 is 0 Å². The molecule has 0 spiro atoms. The molecule has 0 saturated heterocycles. The maximum atomic E-state index is 14.8. The zero-order valence-corrected chi connectivity index (χ0v) is 15.9. The summed E-state index contributed by atoms with van der Waals surface area (Å²) in [5, 5.41) is 0. The second-order valence-corrected chi connectivity index (χ2v) is 7.59. The lowest BCUT2D eigenvalue weighted by atomic mass is 9.77. The average molecular weight is 378 g/mol. The molecule has 0 unspecified atom stereocenters. The minimum atomic E-state index is -1.12. The van der Waals surface area contributed by atoms with Crippen molar-refractivity contribution in [3.05, 3.63) is 58.7 Å². The number of hydrogen-bond acceptors (Lipinski definition) is 0. The van der Waals surface area contributed by atoms with Gasteiger partial charge in [-0.05, 0) is 55.1 Å². The average Bonchev–Trinajstić information content (AvgIpc) is 2.68. The standard InChI is InChI=1S/C23H26F4/c1-3-5-14-6-8-16(9-7-14)17-12-13-19(23(27)21(17)25)18-11-10-15(4-2)20(24)22(18)26/h10-14,16H,3-9H2,1-2H3. The third-order valence-corrected chi connectivity index (χ3v) is 5.93. The predicted molar refractivity (Wildman–Crippen MR) is 101 cm³/mol. The summed E-state index contributed by atoms with van der Waals surface area (Å²) in [6, 6.07) is 5.68. The van der Waals surface area contributed by atoms with Crippen LogP contribution in [0.3, 0.4) is 0 Å². The fourth-order valence-electron chi connectivity index (χ4n) is 4.33. The monoisotopic (exact) mass is 378 g/mol. The van der Waals surface area contributed by atoms with Gasteiger partial charge in [-0.15, -0.1) is 0 Å². The van der Waals surface area contributed by atoms with Crippen molar-refractivity contribution in [3.63, 3.8) is 0 Å². The molecule has 0 atom stereocenters. The SMILES string of the molecule is CCCC1CCC(c2ccc(-c3ccc(CC)c(F)c3F)c(F)c2F)CC1. The molecular weight excluding hydrogens is 352 g/mol. The molecule has 4 heteroatoms. The Balaban J connectivity index is 1.89. The molecule has 0 bridgehead atoms. The van der Waals surface area contributed by atoms with E-state index in [1.54, 1.807) is 13.0 Å². The van der Waals surface area contributed by atoms with Gasteiger partial charge in [0.05, 0.1) is 0 Å². The number of benzene rings is 2. The van der Waals surface area contributed by atoms with Gasteiger partial charge >= 0.3 is 0 Å². The maximum Gasteiger partial charge on any atom is 0.167 e. The first-order valence-corrected chi connectivity index (χ1v) is 9.92. The van der Waals surface area contributed by atoms with Gasteiger partial charge in [-0.3, -0.25) is 0 Å². The Morgan fingerprint density at radius 3 is 1.93 bits per heavy atom. The largest absolute Gasteiger partial charge is 0.203 e. The highest BCUT2D eigenvalue weighted by Gasteiger charge is 2.27. The lowest BCUT2D eigenvalue weighted by Crippen LogP contribution is -2.15. The van der Waals surface area contributed by atoms with E-state index in [9.17, 15) is 17.6 Å². The molecule has 1 aliphatic carbocycles. The van der Waals surface area contributed by atoms with Crippen LogP contribution in [0.4, 0.5) is 17.6 Å². The van der Waals surface area contributed by atoms with Crippen molar-refractivity contribution in [1.82, 2.24) is 0 Å². The van der Waals surface area contributed by atoms with E-state index in [0.29, 0.717) is 17.9 Å². The number of halogens is 4. The first-order valence-electron chi connectivity index (χ1n) is 9.92. The van der Waals surface area contributed by atoms with Crippen molar-refractivity contribution in [1.29, 1.82) is 0 Å². The van der Waals surface area contributed by atoms with Crippen molar-refractivity contribution < 1.29 is 17.6 Å². The maximum absolute atomic E-state index is 14.8. The van der Waals surface area contributed by atoms with Crippen LogP contribution in [-0.2, 0) is 6.42 Å². The van der Waals surface area contributed by atoms with Crippen LogP contribution in [0.15, 0.2) is 24.3 Å². The minimum Gasteiger partial charge on any atom is -0.203 e. The van der Waals surface area contributed by atoms with Gasteiger partial charge in [-0.25, -0.2) is 17.6 Å². The molecule has 0 N–H and O–H groups in total. The molecule has 1 saturated carbocycles. The Bertz CT molecular complexity index is 805. The first-order chi connectivity index (χ1) is 13.0. The van der Waals surface area contributed by atoms with Crippen LogP contribution in [0.25, 0.3) is 11.1 Å². The smallest absolute Gasteiger partial charge is 0.167 e. The lowest BCUT2D eigenvalue weighted by molar-refractivity contribution is 0.303. The Morgan fingerprint density at radius 1 is 0.741 bits per heavy atom. The summed E-state index contributed by atoms with van der Waals surface area (Å²) >= 11 is 0. The van der Waals surface area contributed by atoms with Crippen LogP contribution in [0.2, 0.25) is 0 Å². The third kappa shape index (κ3) is 3.90. The molecule has 0 amide bonds. The van der Waals surface area contributed by atoms with E-state index in [1.165, 1.54) is 24.6 Å². The third-order valence-electron chi connectivity index (χ3n) is 5.93. The van der Waals surface area contributed by atoms with E-state index in [-0.39, 0.29) is 22.6 Å². The van der Waals surface area contributed by atoms with Crippen molar-refractivity contribution in [2.24, 2.45) is 5.92 Å². The molecule has 1 fully saturated rings. The highest BCUT2D eigenvalue weighted by molar-refractivity contribution is 5.66. The zero-order valence-electron chi connectivity index (χ0n) is 15.9. The summed E-state index contributed by atoms with van der Waals surface area (Å²) in [7, 11) is 0. The van der Waals surface area contributed by atoms with Crippen LogP contribution in [-0.4, -0.2) is 0 Å². The number of hydrogen-bond donors (Lipinski definition) is 0. The van der Waals surface area contributed by atoms with Gasteiger partial charge in [0.1, 0.15) is 0 Å². The normalized spacial score (nSPS) is 20.1. The second-order valence-electron chi connectivity index (χ2n) is 7.59. The Labute approximate surface area is 158 Å². The van der Waals surface area contributed by atoms with Crippen LogP contribution < -0.4 is 0 Å². The molecular formula is C23H26F4.